The topological polar surface area (TPSA) is 125 Å². The molecule has 0 radical (unpaired) electrons. The highest BCUT2D eigenvalue weighted by Gasteiger charge is 2.33. The molecule has 1 saturated heterocycles. The van der Waals surface area contributed by atoms with Crippen LogP contribution < -0.4 is 15.0 Å². The molecule has 2 fully saturated rings. The van der Waals surface area contributed by atoms with Crippen molar-refractivity contribution in [2.75, 3.05) is 43.1 Å². The highest BCUT2D eigenvalue weighted by atomic mass is 16.5. The minimum atomic E-state index is -0.463. The Morgan fingerprint density at radius 1 is 1.13 bits per heavy atom. The molecule has 0 spiro atoms. The Hall–Kier alpha value is -4.32. The number of nitrogens with zero attached hydrogens (tertiary/aromatic N) is 8. The zero-order valence-corrected chi connectivity index (χ0v) is 21.9. The first kappa shape index (κ1) is 23.8. The number of para-hydroxylation sites is 1. The lowest BCUT2D eigenvalue weighted by Gasteiger charge is -2.30. The maximum Gasteiger partial charge on any atom is 0.274 e. The standard InChI is InChI=1S/C27H29N9O3/c1-27(2)15-39-24-18(25-31-32-33-36(25)27)4-3-5-19(24)30-26(37)20-12-22(35-14-21(29-16-35)17-6-7-17)23(13-28-20)34-8-10-38-11-9-34/h3-5,12-14,16-17H,6-11,15H2,1-2H3,(H,30,37). The lowest BCUT2D eigenvalue weighted by Crippen LogP contribution is -2.37. The summed E-state index contributed by atoms with van der Waals surface area (Å²) in [6.45, 7) is 7.16. The van der Waals surface area contributed by atoms with E-state index in [1.807, 2.05) is 49.0 Å². The second-order valence-electron chi connectivity index (χ2n) is 10.8. The zero-order chi connectivity index (χ0) is 26.6. The van der Waals surface area contributed by atoms with Crippen molar-refractivity contribution in [2.45, 2.75) is 38.1 Å². The van der Waals surface area contributed by atoms with E-state index in [0.717, 1.165) is 30.2 Å². The Balaban J connectivity index is 1.23. The maximum absolute atomic E-state index is 13.6. The number of aromatic nitrogens is 7. The number of hydrogen-bond donors (Lipinski definition) is 1. The van der Waals surface area contributed by atoms with E-state index in [1.54, 1.807) is 10.9 Å². The highest BCUT2D eigenvalue weighted by molar-refractivity contribution is 6.05. The number of amides is 1. The molecular formula is C27H29N9O3. The van der Waals surface area contributed by atoms with Crippen molar-refractivity contribution in [3.8, 4) is 22.8 Å². The summed E-state index contributed by atoms with van der Waals surface area (Å²) in [5, 5.41) is 15.3. The quantitative estimate of drug-likeness (QED) is 0.417. The first-order chi connectivity index (χ1) is 19.0. The molecule has 2 aliphatic heterocycles. The summed E-state index contributed by atoms with van der Waals surface area (Å²) in [7, 11) is 0. The van der Waals surface area contributed by atoms with E-state index >= 15 is 0 Å². The van der Waals surface area contributed by atoms with Gasteiger partial charge in [-0.25, -0.2) is 14.6 Å². The van der Waals surface area contributed by atoms with Crippen LogP contribution in [0.3, 0.4) is 0 Å². The second-order valence-corrected chi connectivity index (χ2v) is 10.8. The molecule has 1 aromatic carbocycles. The first-order valence-corrected chi connectivity index (χ1v) is 13.2. The number of nitrogens with one attached hydrogen (secondary N) is 1. The van der Waals surface area contributed by atoms with Crippen LogP contribution in [-0.4, -0.2) is 73.6 Å². The summed E-state index contributed by atoms with van der Waals surface area (Å²) in [6, 6.07) is 7.37. The highest BCUT2D eigenvalue weighted by Crippen LogP contribution is 2.41. The first-order valence-electron chi connectivity index (χ1n) is 13.2. The molecular weight excluding hydrogens is 498 g/mol. The third-order valence-electron chi connectivity index (χ3n) is 7.44. The Bertz CT molecular complexity index is 1550. The predicted octanol–water partition coefficient (Wildman–Crippen LogP) is 3.01. The number of ether oxygens (including phenoxy) is 2. The molecule has 3 aromatic heterocycles. The van der Waals surface area contributed by atoms with Crippen LogP contribution in [0.25, 0.3) is 17.1 Å². The monoisotopic (exact) mass is 527 g/mol. The number of fused-ring (bicyclic) bond motifs is 3. The third-order valence-corrected chi connectivity index (χ3v) is 7.44. The summed E-state index contributed by atoms with van der Waals surface area (Å²) >= 11 is 0. The van der Waals surface area contributed by atoms with Gasteiger partial charge in [-0.05, 0) is 55.3 Å². The average molecular weight is 528 g/mol. The Morgan fingerprint density at radius 2 is 1.97 bits per heavy atom. The van der Waals surface area contributed by atoms with Crippen molar-refractivity contribution in [1.82, 2.24) is 34.7 Å². The van der Waals surface area contributed by atoms with Gasteiger partial charge in [-0.15, -0.1) is 5.10 Å². The predicted molar refractivity (Wildman–Crippen MR) is 142 cm³/mol. The summed E-state index contributed by atoms with van der Waals surface area (Å²) < 4.78 is 15.5. The molecule has 4 aromatic rings. The van der Waals surface area contributed by atoms with E-state index in [1.165, 1.54) is 12.8 Å². The van der Waals surface area contributed by atoms with Crippen LogP contribution in [0.5, 0.6) is 5.75 Å². The molecule has 3 aliphatic rings. The summed E-state index contributed by atoms with van der Waals surface area (Å²) in [6.07, 6.45) is 8.00. The van der Waals surface area contributed by atoms with Gasteiger partial charge in [0, 0.05) is 25.2 Å². The number of morpholine rings is 1. The lowest BCUT2D eigenvalue weighted by atomic mass is 10.1. The molecule has 5 heterocycles. The number of pyridine rings is 1. The molecule has 0 bridgehead atoms. The van der Waals surface area contributed by atoms with Crippen molar-refractivity contribution in [3.05, 3.63) is 54.4 Å². The minimum absolute atomic E-state index is 0.292. The fourth-order valence-corrected chi connectivity index (χ4v) is 5.10. The lowest BCUT2D eigenvalue weighted by molar-refractivity contribution is 0.102. The molecule has 39 heavy (non-hydrogen) atoms. The fourth-order valence-electron chi connectivity index (χ4n) is 5.10. The van der Waals surface area contributed by atoms with Crippen molar-refractivity contribution in [1.29, 1.82) is 0 Å². The number of carbonyl (C=O) groups excluding carboxylic acids is 1. The number of carbonyl (C=O) groups is 1. The Labute approximate surface area is 225 Å². The van der Waals surface area contributed by atoms with E-state index < -0.39 is 5.54 Å². The van der Waals surface area contributed by atoms with Gasteiger partial charge in [-0.2, -0.15) is 0 Å². The molecule has 200 valence electrons. The molecule has 1 saturated carbocycles. The van der Waals surface area contributed by atoms with Gasteiger partial charge in [0.25, 0.3) is 5.91 Å². The SMILES string of the molecule is CC1(C)COc2c(NC(=O)c3cc(-n4cnc(C5CC5)c4)c(N4CCOCC4)cn3)cccc2-c2nnnn21. The van der Waals surface area contributed by atoms with Crippen LogP contribution in [0.4, 0.5) is 11.4 Å². The van der Waals surface area contributed by atoms with Crippen LogP contribution in [0, 0.1) is 0 Å². The molecule has 1 aliphatic carbocycles. The van der Waals surface area contributed by atoms with E-state index in [0.29, 0.717) is 54.3 Å². The van der Waals surface area contributed by atoms with E-state index in [9.17, 15) is 4.79 Å². The summed E-state index contributed by atoms with van der Waals surface area (Å²) in [5.74, 6) is 1.31. The number of imidazole rings is 1. The van der Waals surface area contributed by atoms with Crippen molar-refractivity contribution in [3.63, 3.8) is 0 Å². The zero-order valence-electron chi connectivity index (χ0n) is 21.9. The van der Waals surface area contributed by atoms with Gasteiger partial charge in [-0.3, -0.25) is 4.79 Å². The van der Waals surface area contributed by atoms with Crippen molar-refractivity contribution >= 4 is 17.3 Å². The normalized spacial score (nSPS) is 18.1. The molecule has 12 nitrogen and oxygen atoms in total. The summed E-state index contributed by atoms with van der Waals surface area (Å²) in [4.78, 5) is 25.0. The molecule has 7 rings (SSSR count). The summed E-state index contributed by atoms with van der Waals surface area (Å²) in [5.41, 5.74) is 3.96. The molecule has 1 N–H and O–H groups in total. The molecule has 0 unspecified atom stereocenters. The Kier molecular flexibility index (Phi) is 5.58. The van der Waals surface area contributed by atoms with Gasteiger partial charge in [0.1, 0.15) is 12.3 Å². The number of benzene rings is 1. The van der Waals surface area contributed by atoms with Gasteiger partial charge in [0.2, 0.25) is 0 Å². The number of tetrazole rings is 1. The van der Waals surface area contributed by atoms with Gasteiger partial charge < -0.3 is 24.3 Å². The molecule has 12 heteroatoms. The third kappa shape index (κ3) is 4.30. The van der Waals surface area contributed by atoms with Crippen LogP contribution >= 0.6 is 0 Å². The van der Waals surface area contributed by atoms with E-state index in [4.69, 9.17) is 9.47 Å². The van der Waals surface area contributed by atoms with Gasteiger partial charge in [-0.1, -0.05) is 6.07 Å². The van der Waals surface area contributed by atoms with Crippen LogP contribution in [0.1, 0.15) is 48.8 Å². The number of hydrogen-bond acceptors (Lipinski definition) is 9. The van der Waals surface area contributed by atoms with Crippen LogP contribution in [-0.2, 0) is 10.3 Å². The van der Waals surface area contributed by atoms with E-state index in [-0.39, 0.29) is 5.91 Å². The van der Waals surface area contributed by atoms with Crippen LogP contribution in [0.2, 0.25) is 0 Å². The fraction of sp³-hybridized carbons (Fsp3) is 0.407. The average Bonchev–Trinajstić information content (AvgIpc) is 3.49. The smallest absolute Gasteiger partial charge is 0.274 e. The molecule has 0 atom stereocenters. The Morgan fingerprint density at radius 3 is 2.79 bits per heavy atom. The number of anilines is 2. The van der Waals surface area contributed by atoms with E-state index in [2.05, 4.69) is 41.9 Å². The number of rotatable bonds is 5. The second kappa shape index (κ2) is 9.16. The minimum Gasteiger partial charge on any atom is -0.488 e. The van der Waals surface area contributed by atoms with Crippen molar-refractivity contribution in [2.24, 2.45) is 0 Å². The van der Waals surface area contributed by atoms with Gasteiger partial charge in [0.05, 0.1) is 59.6 Å². The van der Waals surface area contributed by atoms with Gasteiger partial charge in [0.15, 0.2) is 11.6 Å². The van der Waals surface area contributed by atoms with Crippen LogP contribution in [0.15, 0.2) is 43.0 Å². The van der Waals surface area contributed by atoms with Gasteiger partial charge >= 0.3 is 0 Å². The molecule has 1 amide bonds. The largest absolute Gasteiger partial charge is 0.488 e. The maximum atomic E-state index is 13.6. The van der Waals surface area contributed by atoms with Crippen molar-refractivity contribution < 1.29 is 14.3 Å².